The molecule has 3 N–H and O–H groups in total. The van der Waals surface area contributed by atoms with E-state index < -0.39 is 34.7 Å². The molecule has 2 aromatic rings. The van der Waals surface area contributed by atoms with Gasteiger partial charge < -0.3 is 10.4 Å². The van der Waals surface area contributed by atoms with Gasteiger partial charge in [-0.3, -0.25) is 14.9 Å². The van der Waals surface area contributed by atoms with Crippen molar-refractivity contribution in [1.82, 2.24) is 5.32 Å². The number of hydrogen-bond donors (Lipinski definition) is 3. The molecule has 5 rings (SSSR count). The highest BCUT2D eigenvalue weighted by atomic mass is 35.5. The standard InChI is InChI=1S/C26H28ClFN2O3/c1-2-7-15-10-11-17-19(14-15)29-24(33)26(17)20(16-8-6-9-18(27)21(16)28)22(23(31)32)30-25(26)12-4-3-5-13-25/h6,8-11,14,20,22,30H,2-5,7,12-13H2,1H3,(H,29,33)(H,31,32)/t20-,22+,26+/m0/s1. The van der Waals surface area contributed by atoms with E-state index in [2.05, 4.69) is 17.6 Å². The Morgan fingerprint density at radius 2 is 1.97 bits per heavy atom. The SMILES string of the molecule is CCCc1ccc2c(c1)NC(=O)[C@]21[C@@H](c2cccc(Cl)c2F)[C@H](C(=O)O)NC12CCCCC2. The lowest BCUT2D eigenvalue weighted by Crippen LogP contribution is -2.60. The van der Waals surface area contributed by atoms with Crippen molar-refractivity contribution in [3.8, 4) is 0 Å². The Hall–Kier alpha value is -2.44. The van der Waals surface area contributed by atoms with Gasteiger partial charge >= 0.3 is 5.97 Å². The van der Waals surface area contributed by atoms with Crippen LogP contribution >= 0.6 is 11.6 Å². The number of aliphatic carboxylic acids is 1. The summed E-state index contributed by atoms with van der Waals surface area (Å²) in [6, 6.07) is 9.48. The highest BCUT2D eigenvalue weighted by Crippen LogP contribution is 2.62. The van der Waals surface area contributed by atoms with Gasteiger partial charge in [0.05, 0.1) is 5.02 Å². The molecular formula is C26H28ClFN2O3. The van der Waals surface area contributed by atoms with Crippen LogP contribution in [0.15, 0.2) is 36.4 Å². The second kappa shape index (κ2) is 8.10. The summed E-state index contributed by atoms with van der Waals surface area (Å²) in [5.41, 5.74) is 0.714. The zero-order valence-electron chi connectivity index (χ0n) is 18.6. The summed E-state index contributed by atoms with van der Waals surface area (Å²) < 4.78 is 15.5. The molecule has 174 valence electrons. The molecule has 7 heteroatoms. The highest BCUT2D eigenvalue weighted by Gasteiger charge is 2.72. The van der Waals surface area contributed by atoms with Crippen LogP contribution in [0.1, 0.15) is 68.1 Å². The van der Waals surface area contributed by atoms with Gasteiger partial charge in [0.25, 0.3) is 0 Å². The summed E-state index contributed by atoms with van der Waals surface area (Å²) in [7, 11) is 0. The van der Waals surface area contributed by atoms with Gasteiger partial charge in [-0.2, -0.15) is 0 Å². The Kier molecular flexibility index (Phi) is 5.49. The first-order valence-electron chi connectivity index (χ1n) is 11.7. The van der Waals surface area contributed by atoms with Crippen molar-refractivity contribution >= 4 is 29.2 Å². The molecule has 0 radical (unpaired) electrons. The van der Waals surface area contributed by atoms with Crippen LogP contribution in [0.4, 0.5) is 10.1 Å². The highest BCUT2D eigenvalue weighted by molar-refractivity contribution is 6.30. The van der Waals surface area contributed by atoms with Crippen LogP contribution in [0.2, 0.25) is 5.02 Å². The molecule has 5 nitrogen and oxygen atoms in total. The molecule has 2 heterocycles. The molecule has 0 bridgehead atoms. The van der Waals surface area contributed by atoms with E-state index >= 15 is 4.39 Å². The molecular weight excluding hydrogens is 443 g/mol. The maximum absolute atomic E-state index is 15.5. The van der Waals surface area contributed by atoms with E-state index in [0.29, 0.717) is 18.5 Å². The molecule has 2 fully saturated rings. The van der Waals surface area contributed by atoms with Crippen molar-refractivity contribution in [3.63, 3.8) is 0 Å². The number of aryl methyl sites for hydroxylation is 1. The number of anilines is 1. The summed E-state index contributed by atoms with van der Waals surface area (Å²) in [6.07, 6.45) is 5.94. The maximum atomic E-state index is 15.5. The predicted octanol–water partition coefficient (Wildman–Crippen LogP) is 5.16. The lowest BCUT2D eigenvalue weighted by molar-refractivity contribution is -0.139. The molecule has 3 aliphatic rings. The number of carbonyl (C=O) groups excluding carboxylic acids is 1. The third-order valence-corrected chi connectivity index (χ3v) is 8.22. The van der Waals surface area contributed by atoms with E-state index in [1.807, 2.05) is 18.2 Å². The van der Waals surface area contributed by atoms with Crippen molar-refractivity contribution in [1.29, 1.82) is 0 Å². The molecule has 2 aliphatic heterocycles. The summed E-state index contributed by atoms with van der Waals surface area (Å²) in [4.78, 5) is 26.6. The Bertz CT molecular complexity index is 1130. The third kappa shape index (κ3) is 3.07. The van der Waals surface area contributed by atoms with Crippen LogP contribution in [0.25, 0.3) is 0 Å². The minimum Gasteiger partial charge on any atom is -0.480 e. The second-order valence-electron chi connectivity index (χ2n) is 9.62. The number of carbonyl (C=O) groups is 2. The van der Waals surface area contributed by atoms with Gasteiger partial charge in [0.1, 0.15) is 17.3 Å². The monoisotopic (exact) mass is 470 g/mol. The summed E-state index contributed by atoms with van der Waals surface area (Å²) in [6.45, 7) is 2.10. The summed E-state index contributed by atoms with van der Waals surface area (Å²) in [5.74, 6) is -2.95. The zero-order chi connectivity index (χ0) is 23.4. The van der Waals surface area contributed by atoms with E-state index in [1.54, 1.807) is 12.1 Å². The molecule has 1 amide bonds. The van der Waals surface area contributed by atoms with Crippen molar-refractivity contribution < 1.29 is 19.1 Å². The van der Waals surface area contributed by atoms with Gasteiger partial charge in [0.15, 0.2) is 0 Å². The van der Waals surface area contributed by atoms with Gasteiger partial charge in [-0.15, -0.1) is 0 Å². The lowest BCUT2D eigenvalue weighted by atomic mass is 9.55. The fourth-order valence-corrected chi connectivity index (χ4v) is 6.91. The largest absolute Gasteiger partial charge is 0.480 e. The first-order chi connectivity index (χ1) is 15.9. The Morgan fingerprint density at radius 3 is 2.67 bits per heavy atom. The number of benzene rings is 2. The molecule has 2 spiro atoms. The van der Waals surface area contributed by atoms with Gasteiger partial charge in [0.2, 0.25) is 5.91 Å². The summed E-state index contributed by atoms with van der Waals surface area (Å²) in [5, 5.41) is 16.6. The molecule has 3 atom stereocenters. The lowest BCUT2D eigenvalue weighted by Gasteiger charge is -2.47. The van der Waals surface area contributed by atoms with E-state index in [1.165, 1.54) is 6.07 Å². The third-order valence-electron chi connectivity index (χ3n) is 7.93. The van der Waals surface area contributed by atoms with Crippen molar-refractivity contribution in [3.05, 3.63) is 63.9 Å². The average Bonchev–Trinajstić information content (AvgIpc) is 3.24. The first-order valence-corrected chi connectivity index (χ1v) is 12.1. The van der Waals surface area contributed by atoms with Crippen molar-refractivity contribution in [2.75, 3.05) is 5.32 Å². The van der Waals surface area contributed by atoms with Gasteiger partial charge in [-0.1, -0.05) is 68.5 Å². The number of rotatable bonds is 4. The smallest absolute Gasteiger partial charge is 0.321 e. The topological polar surface area (TPSA) is 78.4 Å². The molecule has 2 aromatic carbocycles. The van der Waals surface area contributed by atoms with E-state index in [4.69, 9.17) is 11.6 Å². The van der Waals surface area contributed by atoms with Crippen LogP contribution in [0.5, 0.6) is 0 Å². The number of carboxylic acid groups (broad SMARTS) is 1. The van der Waals surface area contributed by atoms with Crippen LogP contribution in [-0.4, -0.2) is 28.6 Å². The fourth-order valence-electron chi connectivity index (χ4n) is 6.72. The Balaban J connectivity index is 1.81. The van der Waals surface area contributed by atoms with Crippen LogP contribution < -0.4 is 10.6 Å². The minimum atomic E-state index is -1.25. The van der Waals surface area contributed by atoms with Gasteiger partial charge in [-0.25, -0.2) is 4.39 Å². The Morgan fingerprint density at radius 1 is 1.21 bits per heavy atom. The molecule has 1 aliphatic carbocycles. The predicted molar refractivity (Wildman–Crippen MR) is 125 cm³/mol. The number of halogens is 2. The number of nitrogens with one attached hydrogen (secondary N) is 2. The van der Waals surface area contributed by atoms with E-state index in [0.717, 1.165) is 43.2 Å². The van der Waals surface area contributed by atoms with Gasteiger partial charge in [0, 0.05) is 17.1 Å². The molecule has 0 aromatic heterocycles. The quantitative estimate of drug-likeness (QED) is 0.576. The first kappa shape index (κ1) is 22.4. The molecule has 33 heavy (non-hydrogen) atoms. The van der Waals surface area contributed by atoms with Crippen molar-refractivity contribution in [2.24, 2.45) is 0 Å². The fraction of sp³-hybridized carbons (Fsp3) is 0.462. The summed E-state index contributed by atoms with van der Waals surface area (Å²) >= 11 is 6.14. The van der Waals surface area contributed by atoms with Gasteiger partial charge in [-0.05, 0) is 48.1 Å². The van der Waals surface area contributed by atoms with Crippen LogP contribution in [0, 0.1) is 5.82 Å². The minimum absolute atomic E-state index is 0.0756. The van der Waals surface area contributed by atoms with E-state index in [9.17, 15) is 14.7 Å². The average molecular weight is 471 g/mol. The van der Waals surface area contributed by atoms with E-state index in [-0.39, 0.29) is 16.5 Å². The number of carboxylic acids is 1. The second-order valence-corrected chi connectivity index (χ2v) is 10.0. The molecule has 1 saturated carbocycles. The molecule has 1 saturated heterocycles. The number of amides is 1. The van der Waals surface area contributed by atoms with Crippen LogP contribution in [-0.2, 0) is 21.4 Å². The normalized spacial score (nSPS) is 27.7. The maximum Gasteiger partial charge on any atom is 0.321 e. The number of fused-ring (bicyclic) bond motifs is 3. The zero-order valence-corrected chi connectivity index (χ0v) is 19.3. The Labute approximate surface area is 197 Å². The molecule has 0 unspecified atom stereocenters. The van der Waals surface area contributed by atoms with Crippen molar-refractivity contribution in [2.45, 2.75) is 74.8 Å². The number of hydrogen-bond acceptors (Lipinski definition) is 3. The van der Waals surface area contributed by atoms with Crippen LogP contribution in [0.3, 0.4) is 0 Å².